The van der Waals surface area contributed by atoms with Gasteiger partial charge in [-0.15, -0.1) is 0 Å². The van der Waals surface area contributed by atoms with Gasteiger partial charge in [0.2, 0.25) is 0 Å². The predicted octanol–water partition coefficient (Wildman–Crippen LogP) is 1.98. The van der Waals surface area contributed by atoms with Gasteiger partial charge in [0, 0.05) is 11.6 Å². The van der Waals surface area contributed by atoms with E-state index in [1.807, 2.05) is 12.2 Å². The van der Waals surface area contributed by atoms with Crippen LogP contribution in [0, 0.1) is 5.82 Å². The minimum absolute atomic E-state index is 0.0229. The van der Waals surface area contributed by atoms with Crippen LogP contribution in [0.25, 0.3) is 0 Å². The Bertz CT molecular complexity index is 788. The van der Waals surface area contributed by atoms with E-state index < -0.39 is 0 Å². The normalized spacial score (nSPS) is 14.5. The Balaban J connectivity index is 1.56. The summed E-state index contributed by atoms with van der Waals surface area (Å²) in [7, 11) is 0. The summed E-state index contributed by atoms with van der Waals surface area (Å²) < 4.78 is 13.0. The molecule has 0 heterocycles. The van der Waals surface area contributed by atoms with E-state index in [0.717, 1.165) is 18.4 Å². The Morgan fingerprint density at radius 1 is 1.15 bits per heavy atom. The number of hydrogen-bond acceptors (Lipinski definition) is 2. The number of carbonyl (C=O) groups is 2. The van der Waals surface area contributed by atoms with Crippen molar-refractivity contribution in [2.45, 2.75) is 31.8 Å². The lowest BCUT2D eigenvalue weighted by atomic mass is 10.1. The highest BCUT2D eigenvalue weighted by Crippen LogP contribution is 2.21. The monoisotopic (exact) mass is 356 g/mol. The Kier molecular flexibility index (Phi) is 5.63. The standard InChI is InChI=1S/C20H22FN3O2/c1-13(14-6-8-15(21)9-7-14)22-12-19(25)24-18-5-3-2-4-17(18)20(26)23-16-10-11-16/h2-9,13,16,22H,10-12H2,1H3,(H,23,26)(H,24,25)/p+1/t13-/m0/s1. The molecule has 3 rings (SSSR count). The van der Waals surface area contributed by atoms with Crippen molar-refractivity contribution in [1.82, 2.24) is 5.32 Å². The number of carbonyl (C=O) groups excluding carboxylic acids is 2. The lowest BCUT2D eigenvalue weighted by molar-refractivity contribution is -0.682. The number of amides is 2. The second-order valence-electron chi connectivity index (χ2n) is 6.62. The van der Waals surface area contributed by atoms with Crippen LogP contribution < -0.4 is 16.0 Å². The number of quaternary nitrogens is 1. The zero-order valence-electron chi connectivity index (χ0n) is 14.7. The van der Waals surface area contributed by atoms with E-state index >= 15 is 0 Å². The van der Waals surface area contributed by atoms with Gasteiger partial charge in [-0.1, -0.05) is 24.3 Å². The smallest absolute Gasteiger partial charge is 0.279 e. The summed E-state index contributed by atoms with van der Waals surface area (Å²) in [6.07, 6.45) is 2.02. The molecule has 0 aliphatic heterocycles. The maximum absolute atomic E-state index is 13.0. The van der Waals surface area contributed by atoms with Crippen molar-refractivity contribution in [3.05, 3.63) is 65.5 Å². The van der Waals surface area contributed by atoms with Crippen LogP contribution >= 0.6 is 0 Å². The molecule has 1 aliphatic carbocycles. The lowest BCUT2D eigenvalue weighted by Gasteiger charge is -2.13. The van der Waals surface area contributed by atoms with Gasteiger partial charge in [0.25, 0.3) is 11.8 Å². The molecule has 2 amide bonds. The summed E-state index contributed by atoms with van der Waals surface area (Å²) in [6.45, 7) is 2.16. The molecule has 0 unspecified atom stereocenters. The molecule has 2 aromatic carbocycles. The van der Waals surface area contributed by atoms with Gasteiger partial charge in [0.15, 0.2) is 6.54 Å². The number of anilines is 1. The molecule has 136 valence electrons. The van der Waals surface area contributed by atoms with Crippen LogP contribution in [0.3, 0.4) is 0 Å². The van der Waals surface area contributed by atoms with Crippen LogP contribution in [0.1, 0.15) is 41.7 Å². The van der Waals surface area contributed by atoms with Gasteiger partial charge in [-0.25, -0.2) is 4.39 Å². The van der Waals surface area contributed by atoms with Gasteiger partial charge in [0.05, 0.1) is 11.3 Å². The van der Waals surface area contributed by atoms with Crippen LogP contribution in [-0.2, 0) is 4.79 Å². The van der Waals surface area contributed by atoms with Crippen molar-refractivity contribution >= 4 is 17.5 Å². The van der Waals surface area contributed by atoms with E-state index in [1.54, 1.807) is 36.4 Å². The highest BCUT2D eigenvalue weighted by molar-refractivity contribution is 6.04. The molecule has 4 N–H and O–H groups in total. The highest BCUT2D eigenvalue weighted by Gasteiger charge is 2.25. The molecule has 1 saturated carbocycles. The fraction of sp³-hybridized carbons (Fsp3) is 0.300. The maximum atomic E-state index is 13.0. The third-order valence-corrected chi connectivity index (χ3v) is 4.41. The molecule has 1 fully saturated rings. The summed E-state index contributed by atoms with van der Waals surface area (Å²) in [6, 6.07) is 13.5. The number of nitrogens with two attached hydrogens (primary N) is 1. The first-order valence-corrected chi connectivity index (χ1v) is 8.81. The lowest BCUT2D eigenvalue weighted by Crippen LogP contribution is -2.86. The number of para-hydroxylation sites is 1. The average molecular weight is 356 g/mol. The first-order valence-electron chi connectivity index (χ1n) is 8.81. The first kappa shape index (κ1) is 18.1. The fourth-order valence-corrected chi connectivity index (χ4v) is 2.67. The molecule has 1 aliphatic rings. The molecule has 6 heteroatoms. The van der Waals surface area contributed by atoms with Gasteiger partial charge in [-0.05, 0) is 44.0 Å². The third kappa shape index (κ3) is 4.89. The van der Waals surface area contributed by atoms with Gasteiger partial charge >= 0.3 is 0 Å². The number of nitrogens with one attached hydrogen (secondary N) is 2. The summed E-state index contributed by atoms with van der Waals surface area (Å²) in [5.74, 6) is -0.627. The van der Waals surface area contributed by atoms with Gasteiger partial charge in [-0.3, -0.25) is 9.59 Å². The van der Waals surface area contributed by atoms with E-state index in [9.17, 15) is 14.0 Å². The van der Waals surface area contributed by atoms with E-state index in [2.05, 4.69) is 10.6 Å². The summed E-state index contributed by atoms with van der Waals surface area (Å²) in [5, 5.41) is 7.61. The zero-order valence-corrected chi connectivity index (χ0v) is 14.7. The molecule has 26 heavy (non-hydrogen) atoms. The maximum Gasteiger partial charge on any atom is 0.279 e. The van der Waals surface area contributed by atoms with Crippen LogP contribution in [-0.4, -0.2) is 24.4 Å². The molecule has 0 saturated heterocycles. The molecule has 0 bridgehead atoms. The van der Waals surface area contributed by atoms with Crippen LogP contribution in [0.2, 0.25) is 0 Å². The van der Waals surface area contributed by atoms with E-state index in [4.69, 9.17) is 0 Å². The minimum atomic E-state index is -0.278. The predicted molar refractivity (Wildman–Crippen MR) is 97.2 cm³/mol. The van der Waals surface area contributed by atoms with Crippen molar-refractivity contribution in [3.8, 4) is 0 Å². The number of benzene rings is 2. The molecule has 0 spiro atoms. The van der Waals surface area contributed by atoms with E-state index in [-0.39, 0.29) is 36.3 Å². The molecule has 0 aromatic heterocycles. The molecule has 0 radical (unpaired) electrons. The highest BCUT2D eigenvalue weighted by atomic mass is 19.1. The van der Waals surface area contributed by atoms with Gasteiger partial charge in [-0.2, -0.15) is 0 Å². The second-order valence-corrected chi connectivity index (χ2v) is 6.62. The number of halogens is 1. The number of rotatable bonds is 7. The van der Waals surface area contributed by atoms with Crippen LogP contribution in [0.15, 0.2) is 48.5 Å². The number of hydrogen-bond donors (Lipinski definition) is 3. The van der Waals surface area contributed by atoms with Crippen LogP contribution in [0.5, 0.6) is 0 Å². The van der Waals surface area contributed by atoms with E-state index in [1.165, 1.54) is 12.1 Å². The zero-order chi connectivity index (χ0) is 18.5. The van der Waals surface area contributed by atoms with Crippen molar-refractivity contribution in [3.63, 3.8) is 0 Å². The quantitative estimate of drug-likeness (QED) is 0.710. The van der Waals surface area contributed by atoms with Gasteiger partial charge < -0.3 is 16.0 Å². The summed E-state index contributed by atoms with van der Waals surface area (Å²) >= 11 is 0. The molecule has 5 nitrogen and oxygen atoms in total. The Labute approximate surface area is 152 Å². The van der Waals surface area contributed by atoms with Gasteiger partial charge in [0.1, 0.15) is 11.9 Å². The topological polar surface area (TPSA) is 74.8 Å². The Hall–Kier alpha value is -2.73. The molecular weight excluding hydrogens is 333 g/mol. The minimum Gasteiger partial charge on any atom is -0.349 e. The Morgan fingerprint density at radius 3 is 2.54 bits per heavy atom. The van der Waals surface area contributed by atoms with Crippen molar-refractivity contribution in [2.24, 2.45) is 0 Å². The third-order valence-electron chi connectivity index (χ3n) is 4.41. The Morgan fingerprint density at radius 2 is 1.85 bits per heavy atom. The summed E-state index contributed by atoms with van der Waals surface area (Å²) in [4.78, 5) is 24.6. The molecule has 1 atom stereocenters. The second kappa shape index (κ2) is 8.10. The largest absolute Gasteiger partial charge is 0.349 e. The molecular formula is C20H23FN3O2+. The summed E-state index contributed by atoms with van der Waals surface area (Å²) in [5.41, 5.74) is 1.93. The first-order chi connectivity index (χ1) is 12.5. The van der Waals surface area contributed by atoms with Crippen LogP contribution in [0.4, 0.5) is 10.1 Å². The SMILES string of the molecule is C[C@H]([NH2+]CC(=O)Nc1ccccc1C(=O)NC1CC1)c1ccc(F)cc1. The molecule has 2 aromatic rings. The van der Waals surface area contributed by atoms with E-state index in [0.29, 0.717) is 11.3 Å². The van der Waals surface area contributed by atoms with Crippen molar-refractivity contribution in [1.29, 1.82) is 0 Å². The average Bonchev–Trinajstić information content (AvgIpc) is 3.44. The fourth-order valence-electron chi connectivity index (χ4n) is 2.67. The van der Waals surface area contributed by atoms with Crippen molar-refractivity contribution in [2.75, 3.05) is 11.9 Å². The van der Waals surface area contributed by atoms with Crippen molar-refractivity contribution < 1.29 is 19.3 Å².